The van der Waals surface area contributed by atoms with E-state index in [0.29, 0.717) is 51.1 Å². The number of imidazole rings is 1. The molecule has 53 heavy (non-hydrogen) atoms. The molecule has 1 unspecified atom stereocenters. The topological polar surface area (TPSA) is 145 Å². The first-order valence-electron chi connectivity index (χ1n) is 18.1. The van der Waals surface area contributed by atoms with Crippen LogP contribution in [0.3, 0.4) is 0 Å². The van der Waals surface area contributed by atoms with Gasteiger partial charge in [0, 0.05) is 42.5 Å². The Morgan fingerprint density at radius 3 is 2.30 bits per heavy atom. The minimum absolute atomic E-state index is 0.132. The van der Waals surface area contributed by atoms with Crippen molar-refractivity contribution in [2.45, 2.75) is 88.3 Å². The Hall–Kier alpha value is -4.69. The third-order valence-corrected chi connectivity index (χ3v) is 11.6. The molecule has 4 aromatic rings. The Morgan fingerprint density at radius 1 is 1.00 bits per heavy atom. The van der Waals surface area contributed by atoms with E-state index in [9.17, 15) is 14.4 Å². The molecule has 0 fully saturated rings. The minimum Gasteiger partial charge on any atom is -0.448 e. The van der Waals surface area contributed by atoms with E-state index < -0.39 is 12.1 Å². The van der Waals surface area contributed by atoms with Crippen molar-refractivity contribution in [3.05, 3.63) is 106 Å². The molecule has 0 aliphatic carbocycles. The van der Waals surface area contributed by atoms with Crippen molar-refractivity contribution < 1.29 is 19.1 Å². The van der Waals surface area contributed by atoms with Gasteiger partial charge in [-0.25, -0.2) is 19.6 Å². The fourth-order valence-electron chi connectivity index (χ4n) is 6.61. The van der Waals surface area contributed by atoms with Crippen LogP contribution in [-0.2, 0) is 41.9 Å². The average Bonchev–Trinajstić information content (AvgIpc) is 3.96. The van der Waals surface area contributed by atoms with E-state index in [0.717, 1.165) is 33.2 Å². The highest BCUT2D eigenvalue weighted by Gasteiger charge is 2.38. The molecule has 0 radical (unpaired) electrons. The Labute approximate surface area is 319 Å². The molecule has 280 valence electrons. The summed E-state index contributed by atoms with van der Waals surface area (Å²) >= 11 is 3.16. The number of H-pyrrole nitrogens is 1. The Balaban J connectivity index is 1.16. The number of nitrogens with zero attached hydrogens (tertiary/aromatic N) is 5. The molecule has 6 rings (SSSR count). The number of urea groups is 1. The lowest BCUT2D eigenvalue weighted by molar-refractivity contribution is -0.127. The maximum absolute atomic E-state index is 14.4. The van der Waals surface area contributed by atoms with Crippen LogP contribution < -0.4 is 10.6 Å². The second kappa shape index (κ2) is 18.4. The number of rotatable bonds is 15. The Kier molecular flexibility index (Phi) is 13.2. The number of nitrogens with one attached hydrogen (secondary N) is 3. The van der Waals surface area contributed by atoms with Crippen molar-refractivity contribution in [1.29, 1.82) is 0 Å². The number of carbonyl (C=O) groups excluding carboxylic acids is 3. The SMILES string of the molecule is CC(C)c1nc(CN(C)C(=O)N2Cc3nc[nH]c3C[C@H]2C(=O)N[C@H](CC[C@H](Cc2ccccc2)NC(=O)OCC2CN=CS2)Cc2ccccc2)cs1. The summed E-state index contributed by atoms with van der Waals surface area (Å²) in [5.74, 6) is 0.0771. The van der Waals surface area contributed by atoms with E-state index in [4.69, 9.17) is 9.72 Å². The number of fused-ring (bicyclic) bond motifs is 1. The number of benzene rings is 2. The summed E-state index contributed by atoms with van der Waals surface area (Å²) in [5.41, 5.74) is 6.40. The zero-order valence-electron chi connectivity index (χ0n) is 30.4. The number of thioether (sulfide) groups is 1. The van der Waals surface area contributed by atoms with Crippen molar-refractivity contribution in [3.63, 3.8) is 0 Å². The summed E-state index contributed by atoms with van der Waals surface area (Å²) in [7, 11) is 1.75. The molecule has 2 aromatic carbocycles. The highest BCUT2D eigenvalue weighted by Crippen LogP contribution is 2.25. The molecule has 0 bridgehead atoms. The highest BCUT2D eigenvalue weighted by molar-refractivity contribution is 8.12. The first-order chi connectivity index (χ1) is 25.7. The maximum atomic E-state index is 14.4. The smallest absolute Gasteiger partial charge is 0.407 e. The molecule has 12 nitrogen and oxygen atoms in total. The van der Waals surface area contributed by atoms with Crippen LogP contribution in [0.2, 0.25) is 0 Å². The lowest BCUT2D eigenvalue weighted by Crippen LogP contribution is -2.57. The van der Waals surface area contributed by atoms with Crippen molar-refractivity contribution in [2.24, 2.45) is 4.99 Å². The van der Waals surface area contributed by atoms with Crippen LogP contribution in [0.15, 0.2) is 77.4 Å². The molecule has 0 saturated heterocycles. The standard InChI is InChI=1S/C39H48N8O4S2/c1-26(2)37-44-31(23-52-37)20-46(3)39(50)47-21-34-33(41-24-42-34)18-35(47)36(48)43-29(16-27-10-6-4-7-11-27)14-15-30(17-28-12-8-5-9-13-28)45-38(49)51-22-32-19-40-25-53-32/h4-13,23-26,29-30,32,35H,14-22H2,1-3H3,(H,41,42)(H,43,48)(H,45,49)/t29-,30-,32?,35+/m1/s1. The van der Waals surface area contributed by atoms with Gasteiger partial charge in [0.05, 0.1) is 53.2 Å². The van der Waals surface area contributed by atoms with Crippen LogP contribution in [0.1, 0.15) is 65.8 Å². The van der Waals surface area contributed by atoms with Crippen LogP contribution in [0.5, 0.6) is 0 Å². The highest BCUT2D eigenvalue weighted by atomic mass is 32.2. The Morgan fingerprint density at radius 2 is 1.68 bits per heavy atom. The number of alkyl carbamates (subject to hydrolysis) is 1. The van der Waals surface area contributed by atoms with Gasteiger partial charge in [-0.05, 0) is 36.8 Å². The number of hydrogen-bond acceptors (Lipinski definition) is 9. The van der Waals surface area contributed by atoms with Crippen molar-refractivity contribution in [3.8, 4) is 0 Å². The molecule has 4 amide bonds. The van der Waals surface area contributed by atoms with Gasteiger partial charge in [0.15, 0.2) is 0 Å². The van der Waals surface area contributed by atoms with Gasteiger partial charge in [-0.1, -0.05) is 74.5 Å². The van der Waals surface area contributed by atoms with Gasteiger partial charge in [-0.3, -0.25) is 9.79 Å². The van der Waals surface area contributed by atoms with Gasteiger partial charge in [0.25, 0.3) is 0 Å². The molecular formula is C39H48N8O4S2. The third-order valence-electron chi connectivity index (χ3n) is 9.46. The molecule has 2 aromatic heterocycles. The lowest BCUT2D eigenvalue weighted by Gasteiger charge is -2.37. The van der Waals surface area contributed by atoms with Crippen LogP contribution in [0.25, 0.3) is 0 Å². The van der Waals surface area contributed by atoms with Crippen LogP contribution in [-0.4, -0.2) is 91.9 Å². The predicted molar refractivity (Wildman–Crippen MR) is 209 cm³/mol. The first-order valence-corrected chi connectivity index (χ1v) is 20.0. The molecule has 0 saturated carbocycles. The maximum Gasteiger partial charge on any atom is 0.407 e. The number of thiazole rings is 1. The van der Waals surface area contributed by atoms with Crippen molar-refractivity contribution >= 4 is 46.7 Å². The number of aliphatic imine (C=N–C) groups is 1. The number of aromatic nitrogens is 3. The van der Waals surface area contributed by atoms with Gasteiger partial charge in [-0.2, -0.15) is 0 Å². The summed E-state index contributed by atoms with van der Waals surface area (Å²) in [6, 6.07) is 18.6. The van der Waals surface area contributed by atoms with Crippen LogP contribution in [0, 0.1) is 0 Å². The van der Waals surface area contributed by atoms with Crippen molar-refractivity contribution in [1.82, 2.24) is 35.4 Å². The summed E-state index contributed by atoms with van der Waals surface area (Å²) in [5, 5.41) is 9.57. The van der Waals surface area contributed by atoms with E-state index in [-0.39, 0.29) is 42.4 Å². The number of hydrogen-bond donors (Lipinski definition) is 3. The minimum atomic E-state index is -0.747. The summed E-state index contributed by atoms with van der Waals surface area (Å²) in [6.07, 6.45) is 3.85. The van der Waals surface area contributed by atoms with E-state index >= 15 is 0 Å². The molecule has 2 aliphatic rings. The van der Waals surface area contributed by atoms with Gasteiger partial charge < -0.3 is 30.2 Å². The number of ether oxygens (including phenoxy) is 1. The molecular weight excluding hydrogens is 709 g/mol. The monoisotopic (exact) mass is 756 g/mol. The number of carbonyl (C=O) groups is 3. The first kappa shape index (κ1) is 38.0. The molecule has 2 aliphatic heterocycles. The van der Waals surface area contributed by atoms with Gasteiger partial charge in [0.1, 0.15) is 12.6 Å². The zero-order chi connectivity index (χ0) is 37.2. The summed E-state index contributed by atoms with van der Waals surface area (Å²) in [6.45, 7) is 5.68. The van der Waals surface area contributed by atoms with E-state index in [1.54, 1.807) is 51.8 Å². The van der Waals surface area contributed by atoms with Crippen molar-refractivity contribution in [2.75, 3.05) is 20.2 Å². The lowest BCUT2D eigenvalue weighted by atomic mass is 9.95. The van der Waals surface area contributed by atoms with E-state index in [2.05, 4.69) is 39.4 Å². The molecule has 3 N–H and O–H groups in total. The third kappa shape index (κ3) is 10.7. The van der Waals surface area contributed by atoms with Crippen LogP contribution >= 0.6 is 23.1 Å². The fraction of sp³-hybridized carbons (Fsp3) is 0.436. The van der Waals surface area contributed by atoms with E-state index in [1.165, 1.54) is 0 Å². The average molecular weight is 757 g/mol. The zero-order valence-corrected chi connectivity index (χ0v) is 32.1. The largest absolute Gasteiger partial charge is 0.448 e. The molecule has 0 spiro atoms. The summed E-state index contributed by atoms with van der Waals surface area (Å²) < 4.78 is 5.59. The van der Waals surface area contributed by atoms with Crippen LogP contribution in [0.4, 0.5) is 9.59 Å². The second-order valence-corrected chi connectivity index (χ2v) is 16.0. The fourth-order valence-corrected chi connectivity index (χ4v) is 8.10. The normalized spacial score (nSPS) is 17.6. The predicted octanol–water partition coefficient (Wildman–Crippen LogP) is 5.96. The second-order valence-electron chi connectivity index (χ2n) is 14.0. The van der Waals surface area contributed by atoms with Gasteiger partial charge in [0.2, 0.25) is 5.91 Å². The van der Waals surface area contributed by atoms with Gasteiger partial charge in [-0.15, -0.1) is 23.1 Å². The summed E-state index contributed by atoms with van der Waals surface area (Å²) in [4.78, 5) is 61.2. The quantitative estimate of drug-likeness (QED) is 0.136. The molecule has 4 atom stereocenters. The van der Waals surface area contributed by atoms with Gasteiger partial charge >= 0.3 is 12.1 Å². The number of aromatic amines is 1. The molecule has 4 heterocycles. The Bertz CT molecular complexity index is 1820. The van der Waals surface area contributed by atoms with E-state index in [1.807, 2.05) is 66.0 Å². The number of amides is 4. The molecule has 14 heteroatoms.